The predicted octanol–water partition coefficient (Wildman–Crippen LogP) is 4.37. The first-order chi connectivity index (χ1) is 15.4. The van der Waals surface area contributed by atoms with E-state index in [2.05, 4.69) is 5.32 Å². The van der Waals surface area contributed by atoms with E-state index in [0.717, 1.165) is 17.7 Å². The van der Waals surface area contributed by atoms with Crippen LogP contribution in [0.2, 0.25) is 0 Å². The third-order valence-corrected chi connectivity index (χ3v) is 6.41. The number of nitrogens with one attached hydrogen (secondary N) is 1. The van der Waals surface area contributed by atoms with Gasteiger partial charge in [-0.25, -0.2) is 0 Å². The third-order valence-electron chi connectivity index (χ3n) is 6.41. The molecule has 33 heavy (non-hydrogen) atoms. The Morgan fingerprint density at radius 2 is 1.91 bits per heavy atom. The fourth-order valence-corrected chi connectivity index (χ4v) is 4.31. The first-order valence-corrected chi connectivity index (χ1v) is 11.0. The number of halogens is 3. The number of nitrogens with two attached hydrogens (primary N) is 1. The number of hydrogen-bond donors (Lipinski definition) is 3. The van der Waals surface area contributed by atoms with Gasteiger partial charge < -0.3 is 20.9 Å². The van der Waals surface area contributed by atoms with Crippen LogP contribution in [-0.2, 0) is 21.2 Å². The van der Waals surface area contributed by atoms with Gasteiger partial charge >= 0.3 is 6.18 Å². The number of ether oxygens (including phenoxy) is 1. The van der Waals surface area contributed by atoms with Crippen LogP contribution in [0.1, 0.15) is 61.0 Å². The summed E-state index contributed by atoms with van der Waals surface area (Å²) in [7, 11) is 0. The molecule has 1 heterocycles. The zero-order valence-corrected chi connectivity index (χ0v) is 18.9. The van der Waals surface area contributed by atoms with Gasteiger partial charge in [0.15, 0.2) is 0 Å². The van der Waals surface area contributed by atoms with E-state index in [1.807, 2.05) is 30.3 Å². The summed E-state index contributed by atoms with van der Waals surface area (Å²) in [5, 5.41) is 14.3. The molecule has 3 rings (SSSR count). The minimum atomic E-state index is -4.42. The predicted molar refractivity (Wildman–Crippen MR) is 119 cm³/mol. The van der Waals surface area contributed by atoms with Gasteiger partial charge in [-0.15, -0.1) is 0 Å². The van der Waals surface area contributed by atoms with Gasteiger partial charge in [-0.3, -0.25) is 4.79 Å². The fraction of sp³-hybridized carbons (Fsp3) is 0.480. The summed E-state index contributed by atoms with van der Waals surface area (Å²) in [5.41, 5.74) is 4.81. The van der Waals surface area contributed by atoms with Gasteiger partial charge in [0.2, 0.25) is 5.91 Å². The number of β-amino-alcohol motifs (C(OH)–C–C–N with tert-alkyl or cyclic N) is 1. The topological polar surface area (TPSA) is 84.6 Å². The Bertz CT molecular complexity index is 955. The van der Waals surface area contributed by atoms with Crippen LogP contribution >= 0.6 is 0 Å². The van der Waals surface area contributed by atoms with Gasteiger partial charge in [-0.05, 0) is 56.4 Å². The Balaban J connectivity index is 1.78. The smallest absolute Gasteiger partial charge is 0.389 e. The summed E-state index contributed by atoms with van der Waals surface area (Å²) in [4.78, 5) is 11.2. The van der Waals surface area contributed by atoms with Crippen LogP contribution in [0.5, 0.6) is 0 Å². The van der Waals surface area contributed by atoms with Crippen LogP contribution in [0.4, 0.5) is 13.2 Å². The number of carbonyl (C=O) groups is 1. The number of primary amides is 1. The molecule has 8 heteroatoms. The van der Waals surface area contributed by atoms with E-state index < -0.39 is 34.9 Å². The molecule has 1 aliphatic rings. The number of benzene rings is 2. The SMILES string of the molecule is Cc1cc([C@@H](C)OC[C@@]2(c3ccccc3)CCC(O)(CCC(N)=O)CN2)cc(C(F)(F)F)c1. The quantitative estimate of drug-likeness (QED) is 0.542. The lowest BCUT2D eigenvalue weighted by Crippen LogP contribution is -2.58. The maximum atomic E-state index is 13.3. The van der Waals surface area contributed by atoms with Crippen LogP contribution in [0.25, 0.3) is 0 Å². The van der Waals surface area contributed by atoms with Crippen molar-refractivity contribution in [3.05, 3.63) is 70.8 Å². The van der Waals surface area contributed by atoms with Crippen molar-refractivity contribution in [2.75, 3.05) is 13.2 Å². The van der Waals surface area contributed by atoms with Gasteiger partial charge in [0, 0.05) is 13.0 Å². The number of alkyl halides is 3. The average molecular weight is 465 g/mol. The molecule has 1 saturated heterocycles. The standard InChI is InChI=1S/C25H31F3N2O3/c1-17-12-19(14-21(13-17)25(26,27)28)18(2)33-16-24(20-6-4-3-5-7-20)11-10-23(32,15-30-24)9-8-22(29)31/h3-7,12-14,18,30,32H,8-11,15-16H2,1-2H3,(H2,29,31)/t18-,23?,24-/m1/s1. The van der Waals surface area contributed by atoms with E-state index in [-0.39, 0.29) is 26.0 Å². The molecule has 3 atom stereocenters. The lowest BCUT2D eigenvalue weighted by molar-refractivity contribution is -0.137. The molecule has 2 aromatic rings. The van der Waals surface area contributed by atoms with E-state index in [0.29, 0.717) is 24.0 Å². The molecule has 1 aliphatic heterocycles. The van der Waals surface area contributed by atoms with Gasteiger partial charge in [-0.1, -0.05) is 42.0 Å². The van der Waals surface area contributed by atoms with Crippen LogP contribution in [0.15, 0.2) is 48.5 Å². The maximum Gasteiger partial charge on any atom is 0.416 e. The van der Waals surface area contributed by atoms with Crippen molar-refractivity contribution in [2.45, 2.75) is 63.0 Å². The first-order valence-electron chi connectivity index (χ1n) is 11.0. The largest absolute Gasteiger partial charge is 0.416 e. The summed E-state index contributed by atoms with van der Waals surface area (Å²) in [6.45, 7) is 3.82. The highest BCUT2D eigenvalue weighted by atomic mass is 19.4. The van der Waals surface area contributed by atoms with Crippen LogP contribution < -0.4 is 11.1 Å². The Kier molecular flexibility index (Phi) is 7.51. The minimum Gasteiger partial charge on any atom is -0.389 e. The van der Waals surface area contributed by atoms with Crippen LogP contribution in [0.3, 0.4) is 0 Å². The highest BCUT2D eigenvalue weighted by Gasteiger charge is 2.43. The number of aryl methyl sites for hydroxylation is 1. The molecular formula is C25H31F3N2O3. The van der Waals surface area contributed by atoms with Crippen molar-refractivity contribution < 1.29 is 27.8 Å². The maximum absolute atomic E-state index is 13.3. The molecule has 2 aromatic carbocycles. The number of piperidine rings is 1. The Hall–Kier alpha value is -2.42. The molecule has 0 aromatic heterocycles. The Morgan fingerprint density at radius 3 is 2.48 bits per heavy atom. The molecule has 4 N–H and O–H groups in total. The molecule has 0 saturated carbocycles. The number of carbonyl (C=O) groups excluding carboxylic acids is 1. The monoisotopic (exact) mass is 464 g/mol. The van der Waals surface area contributed by atoms with Crippen molar-refractivity contribution in [3.63, 3.8) is 0 Å². The summed E-state index contributed by atoms with van der Waals surface area (Å²) in [6.07, 6.45) is -3.67. The summed E-state index contributed by atoms with van der Waals surface area (Å²) < 4.78 is 45.9. The van der Waals surface area contributed by atoms with Crippen molar-refractivity contribution in [1.82, 2.24) is 5.32 Å². The summed E-state index contributed by atoms with van der Waals surface area (Å²) in [6, 6.07) is 13.6. The van der Waals surface area contributed by atoms with Gasteiger partial charge in [0.1, 0.15) is 0 Å². The van der Waals surface area contributed by atoms with E-state index in [1.54, 1.807) is 19.9 Å². The van der Waals surface area contributed by atoms with Crippen molar-refractivity contribution >= 4 is 5.91 Å². The normalized spacial score (nSPS) is 24.4. The van der Waals surface area contributed by atoms with Crippen LogP contribution in [0, 0.1) is 6.92 Å². The zero-order chi connectivity index (χ0) is 24.3. The molecular weight excluding hydrogens is 433 g/mol. The van der Waals surface area contributed by atoms with E-state index in [4.69, 9.17) is 10.5 Å². The number of aliphatic hydroxyl groups is 1. The fourth-order valence-electron chi connectivity index (χ4n) is 4.31. The van der Waals surface area contributed by atoms with Crippen molar-refractivity contribution in [1.29, 1.82) is 0 Å². The third kappa shape index (κ3) is 6.34. The zero-order valence-electron chi connectivity index (χ0n) is 18.9. The second-order valence-electron chi connectivity index (χ2n) is 9.08. The molecule has 0 aliphatic carbocycles. The van der Waals surface area contributed by atoms with Crippen molar-refractivity contribution in [2.24, 2.45) is 5.73 Å². The molecule has 0 bridgehead atoms. The van der Waals surface area contributed by atoms with E-state index >= 15 is 0 Å². The minimum absolute atomic E-state index is 0.0962. The highest BCUT2D eigenvalue weighted by Crippen LogP contribution is 2.38. The van der Waals surface area contributed by atoms with Gasteiger partial charge in [0.05, 0.1) is 29.4 Å². The molecule has 0 radical (unpaired) electrons. The van der Waals surface area contributed by atoms with Crippen LogP contribution in [-0.4, -0.2) is 29.8 Å². The number of hydrogen-bond acceptors (Lipinski definition) is 4. The molecule has 0 spiro atoms. The molecule has 5 nitrogen and oxygen atoms in total. The second kappa shape index (κ2) is 9.83. The summed E-state index contributed by atoms with van der Waals surface area (Å²) in [5.74, 6) is -0.461. The second-order valence-corrected chi connectivity index (χ2v) is 9.08. The number of amides is 1. The molecule has 1 fully saturated rings. The molecule has 180 valence electrons. The molecule has 1 unspecified atom stereocenters. The lowest BCUT2D eigenvalue weighted by Gasteiger charge is -2.45. The number of rotatable bonds is 8. The lowest BCUT2D eigenvalue weighted by atomic mass is 9.76. The van der Waals surface area contributed by atoms with Gasteiger partial charge in [0.25, 0.3) is 0 Å². The van der Waals surface area contributed by atoms with E-state index in [9.17, 15) is 23.1 Å². The van der Waals surface area contributed by atoms with Gasteiger partial charge in [-0.2, -0.15) is 13.2 Å². The average Bonchev–Trinajstić information content (AvgIpc) is 2.77. The molecule has 1 amide bonds. The Morgan fingerprint density at radius 1 is 1.21 bits per heavy atom. The first kappa shape index (κ1) is 25.2. The van der Waals surface area contributed by atoms with Crippen molar-refractivity contribution in [3.8, 4) is 0 Å². The highest BCUT2D eigenvalue weighted by molar-refractivity contribution is 5.73. The van der Waals surface area contributed by atoms with E-state index in [1.165, 1.54) is 0 Å². The summed E-state index contributed by atoms with van der Waals surface area (Å²) >= 11 is 0. The Labute approximate surface area is 192 Å².